The van der Waals surface area contributed by atoms with Gasteiger partial charge in [0.1, 0.15) is 0 Å². The third-order valence-electron chi connectivity index (χ3n) is 5.36. The fourth-order valence-corrected chi connectivity index (χ4v) is 3.84. The highest BCUT2D eigenvalue weighted by Crippen LogP contribution is 2.20. The van der Waals surface area contributed by atoms with Crippen molar-refractivity contribution in [1.82, 2.24) is 0 Å². The Morgan fingerprint density at radius 2 is 0.900 bits per heavy atom. The summed E-state index contributed by atoms with van der Waals surface area (Å²) in [6.45, 7) is 0. The van der Waals surface area contributed by atoms with Crippen molar-refractivity contribution in [2.45, 2.75) is 40.5 Å². The molecule has 0 aromatic heterocycles. The van der Waals surface area contributed by atoms with Crippen LogP contribution in [0.5, 0.6) is 0 Å². The Labute approximate surface area is 182 Å². The van der Waals surface area contributed by atoms with E-state index in [2.05, 4.69) is 109 Å². The maximum Gasteiger partial charge on any atom is -0.00882 e. The summed E-state index contributed by atoms with van der Waals surface area (Å²) in [7, 11) is 0. The van der Waals surface area contributed by atoms with Gasteiger partial charge in [-0.05, 0) is 58.7 Å². The van der Waals surface area contributed by atoms with Gasteiger partial charge >= 0.3 is 0 Å². The number of allylic oxidation sites excluding steroid dienone is 1. The molecule has 0 saturated carbocycles. The molecule has 0 amide bonds. The summed E-state index contributed by atoms with van der Waals surface area (Å²) in [5.74, 6) is 0. The fraction of sp³-hybridized carbons (Fsp3) is 0.200. The second-order valence-corrected chi connectivity index (χ2v) is 7.27. The molecule has 0 unspecified atom stereocenters. The third-order valence-corrected chi connectivity index (χ3v) is 5.36. The van der Waals surface area contributed by atoms with Crippen molar-refractivity contribution in [2.24, 2.45) is 0 Å². The molecular formula is C30H34. The maximum atomic E-state index is 2.24. The molecule has 4 aromatic carbocycles. The Morgan fingerprint density at radius 1 is 0.467 bits per heavy atom. The van der Waals surface area contributed by atoms with Gasteiger partial charge in [0.05, 0.1) is 0 Å². The minimum atomic E-state index is 0. The van der Waals surface area contributed by atoms with E-state index in [9.17, 15) is 0 Å². The molecule has 30 heavy (non-hydrogen) atoms. The summed E-state index contributed by atoms with van der Waals surface area (Å²) in [6.07, 6.45) is 9.46. The predicted molar refractivity (Wildman–Crippen MR) is 135 cm³/mol. The number of hydrogen-bond donors (Lipinski definition) is 0. The Morgan fingerprint density at radius 3 is 1.40 bits per heavy atom. The van der Waals surface area contributed by atoms with Crippen molar-refractivity contribution in [1.29, 1.82) is 0 Å². The van der Waals surface area contributed by atoms with Gasteiger partial charge < -0.3 is 0 Å². The van der Waals surface area contributed by atoms with E-state index in [4.69, 9.17) is 0 Å². The third kappa shape index (κ3) is 5.94. The lowest BCUT2D eigenvalue weighted by molar-refractivity contribution is 0.912. The highest BCUT2D eigenvalue weighted by atomic mass is 14.1. The Bertz CT molecular complexity index is 975. The van der Waals surface area contributed by atoms with Crippen LogP contribution in [0.4, 0.5) is 0 Å². The molecule has 0 radical (unpaired) electrons. The zero-order valence-corrected chi connectivity index (χ0v) is 16.2. The normalized spacial score (nSPS) is 12.1. The van der Waals surface area contributed by atoms with Crippen LogP contribution in [0.2, 0.25) is 0 Å². The molecule has 0 nitrogen and oxygen atoms in total. The first-order valence-corrected chi connectivity index (χ1v) is 10.2. The van der Waals surface area contributed by atoms with Gasteiger partial charge in [-0.15, -0.1) is 0 Å². The van der Waals surface area contributed by atoms with Crippen LogP contribution in [0.1, 0.15) is 43.5 Å². The minimum absolute atomic E-state index is 0. The molecule has 0 atom stereocenters. The van der Waals surface area contributed by atoms with Crippen LogP contribution in [0, 0.1) is 0 Å². The first kappa shape index (κ1) is 23.2. The smallest absolute Gasteiger partial charge is 0.00882 e. The highest BCUT2D eigenvalue weighted by molar-refractivity contribution is 5.82. The molecule has 0 saturated heterocycles. The second kappa shape index (κ2) is 11.8. The van der Waals surface area contributed by atoms with E-state index in [1.54, 1.807) is 11.1 Å². The van der Waals surface area contributed by atoms with E-state index >= 15 is 0 Å². The van der Waals surface area contributed by atoms with E-state index < -0.39 is 0 Å². The van der Waals surface area contributed by atoms with Gasteiger partial charge in [0.15, 0.2) is 0 Å². The molecule has 2 aliphatic carbocycles. The van der Waals surface area contributed by atoms with Crippen molar-refractivity contribution in [3.8, 4) is 0 Å². The summed E-state index contributed by atoms with van der Waals surface area (Å²) >= 11 is 0. The van der Waals surface area contributed by atoms with Gasteiger partial charge in [0.2, 0.25) is 0 Å². The number of rotatable bonds is 0. The topological polar surface area (TPSA) is 0 Å². The van der Waals surface area contributed by atoms with Crippen molar-refractivity contribution in [2.75, 3.05) is 0 Å². The quantitative estimate of drug-likeness (QED) is 0.280. The van der Waals surface area contributed by atoms with Gasteiger partial charge in [-0.3, -0.25) is 0 Å². The lowest BCUT2D eigenvalue weighted by Gasteiger charge is -1.93. The molecular weight excluding hydrogens is 360 g/mol. The lowest BCUT2D eigenvalue weighted by atomic mass is 10.1. The number of benzene rings is 4. The van der Waals surface area contributed by atoms with Crippen LogP contribution in [-0.2, 0) is 19.3 Å². The average molecular weight is 395 g/mol. The first-order valence-electron chi connectivity index (χ1n) is 10.2. The van der Waals surface area contributed by atoms with Crippen molar-refractivity contribution >= 4 is 16.8 Å². The zero-order chi connectivity index (χ0) is 19.0. The molecule has 4 aromatic rings. The van der Waals surface area contributed by atoms with E-state index in [-0.39, 0.29) is 14.9 Å². The summed E-state index contributed by atoms with van der Waals surface area (Å²) in [6, 6.07) is 33.9. The Hall–Kier alpha value is -3.12. The monoisotopic (exact) mass is 394 g/mol. The summed E-state index contributed by atoms with van der Waals surface area (Å²) in [5.41, 5.74) is 5.98. The number of fused-ring (bicyclic) bond motifs is 3. The highest BCUT2D eigenvalue weighted by Gasteiger charge is 2.07. The molecule has 154 valence electrons. The van der Waals surface area contributed by atoms with Crippen LogP contribution in [0.15, 0.2) is 103 Å². The van der Waals surface area contributed by atoms with Crippen LogP contribution < -0.4 is 0 Å². The molecule has 0 heterocycles. The molecule has 0 aliphatic heterocycles. The Balaban J connectivity index is 0.000000155. The SMILES string of the molecule is C.C.C1=Cc2ccccc2C1.c1ccc2c(c1)CCC2.c1ccc2ccccc2c1. The van der Waals surface area contributed by atoms with Crippen LogP contribution in [0.25, 0.3) is 16.8 Å². The van der Waals surface area contributed by atoms with Gasteiger partial charge in [-0.2, -0.15) is 0 Å². The number of aryl methyl sites for hydroxylation is 2. The summed E-state index contributed by atoms with van der Waals surface area (Å²) in [4.78, 5) is 0. The summed E-state index contributed by atoms with van der Waals surface area (Å²) in [5, 5.41) is 2.62. The largest absolute Gasteiger partial charge is 0.0795 e. The standard InChI is InChI=1S/C10H8.C9H10.C9H8.2CH4/c1-2-6-10-8-4-3-7-9(10)5-1;2*1-2-5-9-7-3-6-8(9)4-1;;/h1-8H;1-2,4-5H,3,6-7H2;1-6H,7H2;2*1H4. The van der Waals surface area contributed by atoms with Crippen LogP contribution in [0.3, 0.4) is 0 Å². The average Bonchev–Trinajstić information content (AvgIpc) is 3.44. The minimum Gasteiger partial charge on any atom is -0.0795 e. The maximum absolute atomic E-state index is 2.24. The second-order valence-electron chi connectivity index (χ2n) is 7.27. The van der Waals surface area contributed by atoms with Crippen molar-refractivity contribution in [3.05, 3.63) is 125 Å². The van der Waals surface area contributed by atoms with E-state index in [0.717, 1.165) is 6.42 Å². The van der Waals surface area contributed by atoms with Crippen LogP contribution in [-0.4, -0.2) is 0 Å². The zero-order valence-electron chi connectivity index (χ0n) is 16.2. The van der Waals surface area contributed by atoms with Gasteiger partial charge in [-0.25, -0.2) is 0 Å². The molecule has 0 N–H and O–H groups in total. The fourth-order valence-electron chi connectivity index (χ4n) is 3.84. The molecule has 2 aliphatic rings. The van der Waals surface area contributed by atoms with Gasteiger partial charge in [-0.1, -0.05) is 124 Å². The molecule has 0 spiro atoms. The molecule has 0 bridgehead atoms. The number of hydrogen-bond acceptors (Lipinski definition) is 0. The van der Waals surface area contributed by atoms with E-state index in [1.807, 2.05) is 0 Å². The predicted octanol–water partition coefficient (Wildman–Crippen LogP) is 8.54. The molecule has 6 rings (SSSR count). The van der Waals surface area contributed by atoms with E-state index in [1.165, 1.54) is 41.2 Å². The molecule has 0 heteroatoms. The van der Waals surface area contributed by atoms with Gasteiger partial charge in [0.25, 0.3) is 0 Å². The van der Waals surface area contributed by atoms with Crippen LogP contribution >= 0.6 is 0 Å². The van der Waals surface area contributed by atoms with Gasteiger partial charge in [0, 0.05) is 0 Å². The van der Waals surface area contributed by atoms with Crippen molar-refractivity contribution in [3.63, 3.8) is 0 Å². The summed E-state index contributed by atoms with van der Waals surface area (Å²) < 4.78 is 0. The van der Waals surface area contributed by atoms with Crippen molar-refractivity contribution < 1.29 is 0 Å². The Kier molecular flexibility index (Phi) is 9.09. The first-order chi connectivity index (χ1) is 13.9. The molecule has 0 fully saturated rings. The lowest BCUT2D eigenvalue weighted by Crippen LogP contribution is -1.77. The van der Waals surface area contributed by atoms with E-state index in [0.29, 0.717) is 0 Å².